The monoisotopic (exact) mass is 208 g/mol. The van der Waals surface area contributed by atoms with Crippen molar-refractivity contribution in [1.29, 1.82) is 0 Å². The van der Waals surface area contributed by atoms with Crippen LogP contribution in [0.4, 0.5) is 0 Å². The summed E-state index contributed by atoms with van der Waals surface area (Å²) in [5.74, 6) is 1.17. The molecule has 0 amide bonds. The van der Waals surface area contributed by atoms with Crippen LogP contribution < -0.4 is 0 Å². The lowest BCUT2D eigenvalue weighted by atomic mass is 9.63. The standard InChI is InChI=1S/C14H24O/c1-10-6-7-11(2)14(4,5)13(10)9-8-12(3)15/h6,8-9,11-13,15H,7H2,1-5H3/t11-,12+,13-/m1/s1. The minimum Gasteiger partial charge on any atom is -0.389 e. The molecule has 0 aromatic carbocycles. The van der Waals surface area contributed by atoms with E-state index in [1.54, 1.807) is 6.92 Å². The molecular weight excluding hydrogens is 184 g/mol. The van der Waals surface area contributed by atoms with Gasteiger partial charge in [0.25, 0.3) is 0 Å². The van der Waals surface area contributed by atoms with Crippen LogP contribution in [0.2, 0.25) is 0 Å². The van der Waals surface area contributed by atoms with E-state index in [0.717, 1.165) is 0 Å². The van der Waals surface area contributed by atoms with E-state index < -0.39 is 0 Å². The minimum absolute atomic E-state index is 0.296. The van der Waals surface area contributed by atoms with E-state index in [2.05, 4.69) is 39.8 Å². The van der Waals surface area contributed by atoms with Crippen LogP contribution in [0.15, 0.2) is 23.8 Å². The quantitative estimate of drug-likeness (QED) is 0.688. The van der Waals surface area contributed by atoms with E-state index in [4.69, 9.17) is 0 Å². The molecule has 0 aromatic heterocycles. The first-order valence-corrected chi connectivity index (χ1v) is 5.88. The summed E-state index contributed by atoms with van der Waals surface area (Å²) in [5.41, 5.74) is 1.74. The van der Waals surface area contributed by atoms with Crippen LogP contribution in [0, 0.1) is 17.3 Å². The van der Waals surface area contributed by atoms with Crippen molar-refractivity contribution < 1.29 is 5.11 Å². The van der Waals surface area contributed by atoms with Gasteiger partial charge >= 0.3 is 0 Å². The summed E-state index contributed by atoms with van der Waals surface area (Å²) in [6, 6.07) is 0. The largest absolute Gasteiger partial charge is 0.389 e. The molecule has 86 valence electrons. The molecule has 1 rings (SSSR count). The number of hydrogen-bond donors (Lipinski definition) is 1. The average molecular weight is 208 g/mol. The fourth-order valence-corrected chi connectivity index (χ4v) is 2.36. The van der Waals surface area contributed by atoms with Crippen LogP contribution in [0.1, 0.15) is 41.0 Å². The third kappa shape index (κ3) is 2.72. The number of allylic oxidation sites excluding steroid dienone is 3. The highest BCUT2D eigenvalue weighted by atomic mass is 16.3. The van der Waals surface area contributed by atoms with Gasteiger partial charge in [0.05, 0.1) is 6.10 Å². The van der Waals surface area contributed by atoms with Gasteiger partial charge in [-0.3, -0.25) is 0 Å². The molecule has 3 atom stereocenters. The molecule has 1 aliphatic carbocycles. The summed E-state index contributed by atoms with van der Waals surface area (Å²) in [5, 5.41) is 9.30. The maximum Gasteiger partial charge on any atom is 0.0692 e. The van der Waals surface area contributed by atoms with Gasteiger partial charge in [0.15, 0.2) is 0 Å². The van der Waals surface area contributed by atoms with Gasteiger partial charge < -0.3 is 5.11 Å². The molecule has 1 heteroatoms. The van der Waals surface area contributed by atoms with Crippen LogP contribution in [0.3, 0.4) is 0 Å². The van der Waals surface area contributed by atoms with Gasteiger partial charge in [-0.1, -0.05) is 44.6 Å². The van der Waals surface area contributed by atoms with Crippen LogP contribution in [0.25, 0.3) is 0 Å². The molecule has 0 radical (unpaired) electrons. The summed E-state index contributed by atoms with van der Waals surface area (Å²) in [7, 11) is 0. The number of rotatable bonds is 2. The van der Waals surface area contributed by atoms with Crippen molar-refractivity contribution >= 4 is 0 Å². The van der Waals surface area contributed by atoms with Gasteiger partial charge in [-0.2, -0.15) is 0 Å². The topological polar surface area (TPSA) is 20.2 Å². The Morgan fingerprint density at radius 1 is 1.53 bits per heavy atom. The molecule has 0 saturated heterocycles. The van der Waals surface area contributed by atoms with Crippen molar-refractivity contribution in [2.45, 2.75) is 47.1 Å². The molecule has 1 N–H and O–H groups in total. The van der Waals surface area contributed by atoms with E-state index in [-0.39, 0.29) is 6.10 Å². The van der Waals surface area contributed by atoms with Crippen molar-refractivity contribution in [3.05, 3.63) is 23.8 Å². The fourth-order valence-electron chi connectivity index (χ4n) is 2.36. The predicted molar refractivity (Wildman–Crippen MR) is 65.6 cm³/mol. The third-order valence-corrected chi connectivity index (χ3v) is 3.94. The van der Waals surface area contributed by atoms with E-state index in [0.29, 0.717) is 17.3 Å². The lowest BCUT2D eigenvalue weighted by Gasteiger charge is -2.42. The number of aliphatic hydroxyl groups is 1. The van der Waals surface area contributed by atoms with Crippen LogP contribution in [0.5, 0.6) is 0 Å². The third-order valence-electron chi connectivity index (χ3n) is 3.94. The molecule has 0 unspecified atom stereocenters. The Morgan fingerprint density at radius 3 is 2.67 bits per heavy atom. The summed E-state index contributed by atoms with van der Waals surface area (Å²) in [6.45, 7) is 11.0. The molecule has 0 heterocycles. The molecule has 15 heavy (non-hydrogen) atoms. The van der Waals surface area contributed by atoms with Crippen LogP contribution >= 0.6 is 0 Å². The second-order valence-corrected chi connectivity index (χ2v) is 5.51. The first-order valence-electron chi connectivity index (χ1n) is 5.88. The first kappa shape index (κ1) is 12.5. The highest BCUT2D eigenvalue weighted by Crippen LogP contribution is 2.45. The van der Waals surface area contributed by atoms with E-state index in [9.17, 15) is 5.11 Å². The highest BCUT2D eigenvalue weighted by Gasteiger charge is 2.36. The lowest BCUT2D eigenvalue weighted by molar-refractivity contribution is 0.166. The second-order valence-electron chi connectivity index (χ2n) is 5.51. The summed E-state index contributed by atoms with van der Waals surface area (Å²) in [4.78, 5) is 0. The Balaban J connectivity index is 2.92. The Labute approximate surface area is 93.9 Å². The molecular formula is C14H24O. The van der Waals surface area contributed by atoms with E-state index in [1.807, 2.05) is 6.08 Å². The molecule has 0 saturated carbocycles. The zero-order valence-electron chi connectivity index (χ0n) is 10.6. The van der Waals surface area contributed by atoms with Crippen LogP contribution in [-0.2, 0) is 0 Å². The van der Waals surface area contributed by atoms with Gasteiger partial charge in [0.1, 0.15) is 0 Å². The van der Waals surface area contributed by atoms with Gasteiger partial charge in [-0.25, -0.2) is 0 Å². The van der Waals surface area contributed by atoms with Gasteiger partial charge in [-0.05, 0) is 31.6 Å². The van der Waals surface area contributed by atoms with Crippen molar-refractivity contribution in [3.8, 4) is 0 Å². The van der Waals surface area contributed by atoms with Crippen molar-refractivity contribution in [3.63, 3.8) is 0 Å². The zero-order chi connectivity index (χ0) is 11.6. The Bertz CT molecular complexity index is 271. The maximum absolute atomic E-state index is 9.30. The molecule has 1 nitrogen and oxygen atoms in total. The van der Waals surface area contributed by atoms with Gasteiger partial charge in [0.2, 0.25) is 0 Å². The first-order chi connectivity index (χ1) is 6.85. The second kappa shape index (κ2) is 4.52. The zero-order valence-corrected chi connectivity index (χ0v) is 10.6. The Morgan fingerprint density at radius 2 is 2.13 bits per heavy atom. The fraction of sp³-hybridized carbons (Fsp3) is 0.714. The van der Waals surface area contributed by atoms with E-state index >= 15 is 0 Å². The normalized spacial score (nSPS) is 32.8. The highest BCUT2D eigenvalue weighted by molar-refractivity contribution is 5.20. The number of aliphatic hydroxyl groups excluding tert-OH is 1. The lowest BCUT2D eigenvalue weighted by Crippen LogP contribution is -2.33. The Hall–Kier alpha value is -0.560. The summed E-state index contributed by atoms with van der Waals surface area (Å²) < 4.78 is 0. The summed E-state index contributed by atoms with van der Waals surface area (Å²) in [6.07, 6.45) is 7.25. The molecule has 0 aliphatic heterocycles. The number of hydrogen-bond acceptors (Lipinski definition) is 1. The molecule has 0 spiro atoms. The minimum atomic E-state index is -0.342. The smallest absolute Gasteiger partial charge is 0.0692 e. The van der Waals surface area contributed by atoms with Crippen molar-refractivity contribution in [2.24, 2.45) is 17.3 Å². The molecule has 0 bridgehead atoms. The maximum atomic E-state index is 9.30. The molecule has 0 aromatic rings. The molecule has 1 aliphatic rings. The summed E-state index contributed by atoms with van der Waals surface area (Å²) >= 11 is 0. The van der Waals surface area contributed by atoms with Gasteiger partial charge in [-0.15, -0.1) is 0 Å². The van der Waals surface area contributed by atoms with Crippen LogP contribution in [-0.4, -0.2) is 11.2 Å². The van der Waals surface area contributed by atoms with E-state index in [1.165, 1.54) is 12.0 Å². The van der Waals surface area contributed by atoms with Crippen molar-refractivity contribution in [1.82, 2.24) is 0 Å². The molecule has 0 fully saturated rings. The van der Waals surface area contributed by atoms with Gasteiger partial charge in [0, 0.05) is 5.92 Å². The van der Waals surface area contributed by atoms with Crippen molar-refractivity contribution in [2.75, 3.05) is 0 Å². The Kier molecular flexibility index (Phi) is 3.77. The SMILES string of the molecule is CC1=CC[C@@H](C)C(C)(C)[C@@H]1C=C[C@H](C)O. The predicted octanol–water partition coefficient (Wildman–Crippen LogP) is 3.55. The average Bonchev–Trinajstić information content (AvgIpc) is 2.11.